The van der Waals surface area contributed by atoms with Gasteiger partial charge in [0, 0.05) is 13.2 Å². The second-order valence-electron chi connectivity index (χ2n) is 6.42. The zero-order chi connectivity index (χ0) is 23.4. The van der Waals surface area contributed by atoms with E-state index in [4.69, 9.17) is 32.7 Å². The number of sulfonamides is 1. The van der Waals surface area contributed by atoms with E-state index in [0.717, 1.165) is 15.6 Å². The van der Waals surface area contributed by atoms with Crippen LogP contribution in [0.4, 0.5) is 5.82 Å². The van der Waals surface area contributed by atoms with E-state index < -0.39 is 47.0 Å². The molecule has 3 heterocycles. The molecule has 0 spiro atoms. The summed E-state index contributed by atoms with van der Waals surface area (Å²) < 4.78 is 25.9. The number of anilines is 1. The van der Waals surface area contributed by atoms with E-state index in [9.17, 15) is 18.3 Å². The van der Waals surface area contributed by atoms with Gasteiger partial charge in [-0.1, -0.05) is 17.7 Å². The molecular weight excluding hydrogens is 472 g/mol. The smallest absolute Gasteiger partial charge is 0.278 e. The van der Waals surface area contributed by atoms with Gasteiger partial charge in [0.2, 0.25) is 0 Å². The Labute approximate surface area is 187 Å². The first-order chi connectivity index (χ1) is 14.5. The lowest BCUT2D eigenvalue weighted by molar-refractivity contribution is -0.113. The number of fused-ring (bicyclic) bond motifs is 1. The maximum absolute atomic E-state index is 12.5. The molecule has 0 fully saturated rings. The van der Waals surface area contributed by atoms with Crippen molar-refractivity contribution in [2.24, 2.45) is 5.73 Å². The summed E-state index contributed by atoms with van der Waals surface area (Å²) >= 11 is 6.73. The molecule has 0 atom stereocenters. The van der Waals surface area contributed by atoms with E-state index in [2.05, 4.69) is 10.3 Å². The fraction of sp³-hybridized carbons (Fsp3) is 0.294. The highest BCUT2D eigenvalue weighted by Crippen LogP contribution is 2.41. The number of aliphatic hydroxyl groups excluding tert-OH is 4. The van der Waals surface area contributed by atoms with E-state index >= 15 is 0 Å². The maximum Gasteiger partial charge on any atom is 0.278 e. The lowest BCUT2D eigenvalue weighted by atomic mass is 10.1. The Morgan fingerprint density at radius 1 is 1.29 bits per heavy atom. The van der Waals surface area contributed by atoms with E-state index in [0.29, 0.717) is 0 Å². The average molecular weight is 493 g/mol. The van der Waals surface area contributed by atoms with Gasteiger partial charge in [-0.15, -0.1) is 11.3 Å². The number of rotatable bonds is 5. The van der Waals surface area contributed by atoms with Crippen molar-refractivity contribution in [3.8, 4) is 0 Å². The number of aromatic nitrogens is 1. The number of thiophene rings is 1. The van der Waals surface area contributed by atoms with Crippen LogP contribution in [-0.4, -0.2) is 76.4 Å². The molecule has 1 amide bonds. The van der Waals surface area contributed by atoms with Crippen molar-refractivity contribution in [3.05, 3.63) is 45.4 Å². The number of likely N-dealkylation sites (N-methyl/N-ethyl adjacent to an activating group) is 1. The van der Waals surface area contributed by atoms with Crippen LogP contribution in [0.1, 0.15) is 4.88 Å². The number of nitrogens with one attached hydrogen (secondary N) is 1. The summed E-state index contributed by atoms with van der Waals surface area (Å²) in [6.45, 7) is -1.21. The SMILES string of the molecule is CN1C(C(=O)Nc2ccccn2)=C(O)c2sc(Cl)cc2S1(=O)=O.NC(CO)(CO)CO. The molecule has 1 aliphatic rings. The third kappa shape index (κ3) is 5.33. The summed E-state index contributed by atoms with van der Waals surface area (Å²) in [5, 5.41) is 37.8. The van der Waals surface area contributed by atoms with Gasteiger partial charge in [-0.3, -0.25) is 9.10 Å². The molecule has 0 aliphatic carbocycles. The third-order valence-corrected chi connectivity index (χ3v) is 7.31. The fourth-order valence-electron chi connectivity index (χ4n) is 2.24. The van der Waals surface area contributed by atoms with E-state index in [1.165, 1.54) is 19.3 Å². The molecule has 0 unspecified atom stereocenters. The van der Waals surface area contributed by atoms with Gasteiger partial charge >= 0.3 is 0 Å². The van der Waals surface area contributed by atoms with Gasteiger partial charge in [-0.05, 0) is 18.2 Å². The number of carbonyl (C=O) groups excluding carboxylic acids is 1. The Balaban J connectivity index is 0.000000366. The number of amides is 1. The maximum atomic E-state index is 12.5. The standard InChI is InChI=1S/C13H10ClN3O4S2.C4H11NO3/c1-17-10(13(19)16-9-4-2-3-5-15-9)11(18)12-7(23(17,20)21)6-8(14)22-12;5-4(1-6,2-7)3-8/h2-6,18H,1H3,(H,15,16,19);6-8H,1-3,5H2. The van der Waals surface area contributed by atoms with Crippen molar-refractivity contribution in [2.75, 3.05) is 32.2 Å². The van der Waals surface area contributed by atoms with Gasteiger partial charge in [0.05, 0.1) is 34.6 Å². The van der Waals surface area contributed by atoms with E-state index in [1.54, 1.807) is 18.2 Å². The quantitative estimate of drug-likeness (QED) is 0.333. The highest BCUT2D eigenvalue weighted by atomic mass is 35.5. The fourth-order valence-corrected chi connectivity index (χ4v) is 5.19. The Morgan fingerprint density at radius 2 is 1.90 bits per heavy atom. The number of hydrogen-bond acceptors (Lipinski definition) is 10. The highest BCUT2D eigenvalue weighted by molar-refractivity contribution is 7.89. The van der Waals surface area contributed by atoms with Crippen molar-refractivity contribution >= 4 is 50.4 Å². The van der Waals surface area contributed by atoms with Gasteiger partial charge in [0.1, 0.15) is 10.7 Å². The van der Waals surface area contributed by atoms with Crippen LogP contribution in [0.5, 0.6) is 0 Å². The monoisotopic (exact) mass is 492 g/mol. The zero-order valence-corrected chi connectivity index (χ0v) is 18.6. The van der Waals surface area contributed by atoms with Crippen molar-refractivity contribution in [1.82, 2.24) is 9.29 Å². The van der Waals surface area contributed by atoms with Crippen LogP contribution in [0.2, 0.25) is 4.34 Å². The predicted octanol–water partition coefficient (Wildman–Crippen LogP) is -0.0433. The van der Waals surface area contributed by atoms with Crippen molar-refractivity contribution in [2.45, 2.75) is 10.4 Å². The van der Waals surface area contributed by atoms with Gasteiger partial charge in [0.25, 0.3) is 15.9 Å². The molecule has 0 radical (unpaired) electrons. The molecule has 0 bridgehead atoms. The predicted molar refractivity (Wildman–Crippen MR) is 115 cm³/mol. The number of halogens is 1. The number of nitrogens with two attached hydrogens (primary N) is 1. The molecule has 7 N–H and O–H groups in total. The van der Waals surface area contributed by atoms with Crippen LogP contribution < -0.4 is 11.1 Å². The van der Waals surface area contributed by atoms with E-state index in [-0.39, 0.29) is 25.6 Å². The topological polar surface area (TPSA) is 186 Å². The molecule has 170 valence electrons. The summed E-state index contributed by atoms with van der Waals surface area (Å²) in [5.74, 6) is -0.997. The summed E-state index contributed by atoms with van der Waals surface area (Å²) in [7, 11) is -2.77. The van der Waals surface area contributed by atoms with Crippen molar-refractivity contribution in [1.29, 1.82) is 0 Å². The van der Waals surface area contributed by atoms with Gasteiger partial charge in [0.15, 0.2) is 11.5 Å². The van der Waals surface area contributed by atoms with Crippen LogP contribution in [-0.2, 0) is 14.8 Å². The molecule has 2 aromatic rings. The molecule has 2 aromatic heterocycles. The zero-order valence-electron chi connectivity index (χ0n) is 16.2. The molecule has 14 heteroatoms. The molecule has 0 saturated heterocycles. The Bertz CT molecular complexity index is 1060. The second-order valence-corrected chi connectivity index (χ2v) is 10.0. The first-order valence-electron chi connectivity index (χ1n) is 8.56. The molecule has 31 heavy (non-hydrogen) atoms. The molecule has 0 saturated carbocycles. The summed E-state index contributed by atoms with van der Waals surface area (Å²) in [5.41, 5.74) is 3.55. The molecule has 3 rings (SSSR count). The Kier molecular flexibility index (Phi) is 7.99. The van der Waals surface area contributed by atoms with Gasteiger partial charge < -0.3 is 31.5 Å². The first kappa shape index (κ1) is 25.0. The average Bonchev–Trinajstić information content (AvgIpc) is 3.16. The normalized spacial score (nSPS) is 15.1. The number of pyridine rings is 1. The van der Waals surface area contributed by atoms with Crippen LogP contribution in [0, 0.1) is 0 Å². The van der Waals surface area contributed by atoms with Gasteiger partial charge in [-0.2, -0.15) is 0 Å². The van der Waals surface area contributed by atoms with Crippen molar-refractivity contribution in [3.63, 3.8) is 0 Å². The number of aliphatic hydroxyl groups is 4. The second kappa shape index (κ2) is 9.91. The lowest BCUT2D eigenvalue weighted by Crippen LogP contribution is -2.50. The molecule has 0 aromatic carbocycles. The largest absolute Gasteiger partial charge is 0.504 e. The summed E-state index contributed by atoms with van der Waals surface area (Å²) in [6.07, 6.45) is 1.47. The summed E-state index contributed by atoms with van der Waals surface area (Å²) in [4.78, 5) is 16.2. The Morgan fingerprint density at radius 3 is 2.39 bits per heavy atom. The van der Waals surface area contributed by atoms with Crippen LogP contribution in [0.3, 0.4) is 0 Å². The minimum atomic E-state index is -3.96. The van der Waals surface area contributed by atoms with Crippen molar-refractivity contribution < 1.29 is 33.6 Å². The van der Waals surface area contributed by atoms with E-state index in [1.807, 2.05) is 0 Å². The van der Waals surface area contributed by atoms with Crippen LogP contribution >= 0.6 is 22.9 Å². The number of carbonyl (C=O) groups is 1. The molecular formula is C17H21ClN4O7S2. The Hall–Kier alpha value is -2.26. The molecule has 1 aliphatic heterocycles. The number of nitrogens with zero attached hydrogens (tertiary/aromatic N) is 2. The number of hydrogen-bond donors (Lipinski definition) is 6. The minimum Gasteiger partial charge on any atom is -0.504 e. The van der Waals surface area contributed by atoms with Gasteiger partial charge in [-0.25, -0.2) is 13.4 Å². The highest BCUT2D eigenvalue weighted by Gasteiger charge is 2.39. The van der Waals surface area contributed by atoms with Crippen LogP contribution in [0.25, 0.3) is 5.76 Å². The summed E-state index contributed by atoms with van der Waals surface area (Å²) in [6, 6.07) is 6.12. The first-order valence-corrected chi connectivity index (χ1v) is 11.2. The lowest BCUT2D eigenvalue weighted by Gasteiger charge is -2.26. The minimum absolute atomic E-state index is 0.0410. The molecule has 11 nitrogen and oxygen atoms in total. The third-order valence-electron chi connectivity index (χ3n) is 4.13. The van der Waals surface area contributed by atoms with Crippen LogP contribution in [0.15, 0.2) is 41.1 Å².